The lowest BCUT2D eigenvalue weighted by molar-refractivity contribution is 0.598. The molecule has 5 heteroatoms. The van der Waals surface area contributed by atoms with Crippen LogP contribution in [0.4, 0.5) is 0 Å². The van der Waals surface area contributed by atoms with E-state index in [1.54, 1.807) is 48.5 Å². The molecule has 0 aliphatic carbocycles. The van der Waals surface area contributed by atoms with Crippen LogP contribution in [0.25, 0.3) is 10.4 Å². The van der Waals surface area contributed by atoms with Crippen molar-refractivity contribution in [3.63, 3.8) is 0 Å². The molecule has 1 aromatic heterocycles. The molecule has 0 aliphatic heterocycles. The van der Waals surface area contributed by atoms with Gasteiger partial charge in [-0.3, -0.25) is 0 Å². The van der Waals surface area contributed by atoms with E-state index in [0.717, 1.165) is 10.4 Å². The lowest BCUT2D eigenvalue weighted by Crippen LogP contribution is -1.98. The van der Waals surface area contributed by atoms with E-state index in [9.17, 15) is 8.42 Å². The molecule has 3 rings (SSSR count). The Morgan fingerprint density at radius 2 is 1.48 bits per heavy atom. The van der Waals surface area contributed by atoms with Crippen LogP contribution in [0.5, 0.6) is 0 Å². The van der Waals surface area contributed by atoms with Gasteiger partial charge in [0.25, 0.3) is 0 Å². The standard InChI is InChI=1S/C16H11ClO2S2/c17-13-8-6-12(7-9-13)15-10-11-16(20-15)21(18,19)14-4-2-1-3-5-14/h1-11H. The molecule has 0 spiro atoms. The Bertz CT molecular complexity index is 851. The third kappa shape index (κ3) is 2.88. The van der Waals surface area contributed by atoms with Crippen LogP contribution in [0, 0.1) is 0 Å². The van der Waals surface area contributed by atoms with Crippen molar-refractivity contribution in [3.05, 3.63) is 71.8 Å². The molecule has 0 unspecified atom stereocenters. The number of hydrogen-bond acceptors (Lipinski definition) is 3. The maximum Gasteiger partial charge on any atom is 0.215 e. The number of halogens is 1. The lowest BCUT2D eigenvalue weighted by atomic mass is 10.2. The highest BCUT2D eigenvalue weighted by atomic mass is 35.5. The number of sulfone groups is 1. The number of thiophene rings is 1. The molecule has 1 heterocycles. The van der Waals surface area contributed by atoms with E-state index < -0.39 is 9.84 Å². The average Bonchev–Trinajstić information content (AvgIpc) is 2.99. The molecule has 0 radical (unpaired) electrons. The van der Waals surface area contributed by atoms with Crippen LogP contribution < -0.4 is 0 Å². The summed E-state index contributed by atoms with van der Waals surface area (Å²) >= 11 is 7.13. The second-order valence-electron chi connectivity index (χ2n) is 4.44. The van der Waals surface area contributed by atoms with Gasteiger partial charge in [-0.25, -0.2) is 8.42 Å². The molecule has 106 valence electrons. The van der Waals surface area contributed by atoms with E-state index in [0.29, 0.717) is 14.1 Å². The van der Waals surface area contributed by atoms with Crippen LogP contribution in [-0.2, 0) is 9.84 Å². The molecule has 21 heavy (non-hydrogen) atoms. The van der Waals surface area contributed by atoms with E-state index in [-0.39, 0.29) is 0 Å². The van der Waals surface area contributed by atoms with Gasteiger partial charge in [-0.05, 0) is 42.0 Å². The maximum absolute atomic E-state index is 12.5. The minimum atomic E-state index is -3.44. The Labute approximate surface area is 132 Å². The second-order valence-corrected chi connectivity index (χ2v) is 8.14. The molecule has 0 saturated carbocycles. The summed E-state index contributed by atoms with van der Waals surface area (Å²) in [6.45, 7) is 0. The van der Waals surface area contributed by atoms with Gasteiger partial charge in [-0.2, -0.15) is 0 Å². The Kier molecular flexibility index (Phi) is 3.85. The summed E-state index contributed by atoms with van der Waals surface area (Å²) < 4.78 is 25.4. The van der Waals surface area contributed by atoms with Gasteiger partial charge in [0.05, 0.1) is 4.90 Å². The first-order valence-electron chi connectivity index (χ1n) is 6.23. The van der Waals surface area contributed by atoms with Crippen molar-refractivity contribution in [2.24, 2.45) is 0 Å². The number of benzene rings is 2. The van der Waals surface area contributed by atoms with Crippen molar-refractivity contribution >= 4 is 32.8 Å². The van der Waals surface area contributed by atoms with Gasteiger partial charge in [0.2, 0.25) is 9.84 Å². The summed E-state index contributed by atoms with van der Waals surface area (Å²) in [6.07, 6.45) is 0. The van der Waals surface area contributed by atoms with E-state index in [1.165, 1.54) is 11.3 Å². The van der Waals surface area contributed by atoms with Crippen LogP contribution in [0.3, 0.4) is 0 Å². The Morgan fingerprint density at radius 3 is 2.14 bits per heavy atom. The van der Waals surface area contributed by atoms with E-state index in [2.05, 4.69) is 0 Å². The van der Waals surface area contributed by atoms with Crippen LogP contribution in [-0.4, -0.2) is 8.42 Å². The minimum absolute atomic E-state index is 0.314. The topological polar surface area (TPSA) is 34.1 Å². The maximum atomic E-state index is 12.5. The molecule has 2 nitrogen and oxygen atoms in total. The van der Waals surface area contributed by atoms with Gasteiger partial charge < -0.3 is 0 Å². The minimum Gasteiger partial charge on any atom is -0.218 e. The summed E-state index contributed by atoms with van der Waals surface area (Å²) in [7, 11) is -3.44. The molecule has 0 fully saturated rings. The van der Waals surface area contributed by atoms with Crippen LogP contribution in [0.15, 0.2) is 75.8 Å². The summed E-state index contributed by atoms with van der Waals surface area (Å²) in [4.78, 5) is 1.22. The highest BCUT2D eigenvalue weighted by molar-refractivity contribution is 7.93. The predicted octanol–water partition coefficient (Wildman–Crippen LogP) is 4.90. The first-order valence-corrected chi connectivity index (χ1v) is 8.91. The van der Waals surface area contributed by atoms with Gasteiger partial charge in [0.15, 0.2) is 0 Å². The largest absolute Gasteiger partial charge is 0.218 e. The van der Waals surface area contributed by atoms with E-state index >= 15 is 0 Å². The van der Waals surface area contributed by atoms with Crippen LogP contribution >= 0.6 is 22.9 Å². The van der Waals surface area contributed by atoms with E-state index in [1.807, 2.05) is 18.2 Å². The molecule has 2 aromatic carbocycles. The highest BCUT2D eigenvalue weighted by Gasteiger charge is 2.19. The molecule has 0 saturated heterocycles. The second kappa shape index (κ2) is 5.64. The summed E-state index contributed by atoms with van der Waals surface area (Å²) in [5, 5.41) is 0.660. The molecular weight excluding hydrogens is 324 g/mol. The van der Waals surface area contributed by atoms with Crippen molar-refractivity contribution in [3.8, 4) is 10.4 Å². The fourth-order valence-electron chi connectivity index (χ4n) is 1.95. The van der Waals surface area contributed by atoms with Crippen molar-refractivity contribution in [2.75, 3.05) is 0 Å². The van der Waals surface area contributed by atoms with Crippen LogP contribution in [0.2, 0.25) is 5.02 Å². The smallest absolute Gasteiger partial charge is 0.215 e. The number of rotatable bonds is 3. The molecule has 0 aliphatic rings. The van der Waals surface area contributed by atoms with Gasteiger partial charge in [0, 0.05) is 9.90 Å². The van der Waals surface area contributed by atoms with Crippen LogP contribution in [0.1, 0.15) is 0 Å². The lowest BCUT2D eigenvalue weighted by Gasteiger charge is -2.01. The molecular formula is C16H11ClO2S2. The SMILES string of the molecule is O=S(=O)(c1ccccc1)c1ccc(-c2ccc(Cl)cc2)s1. The normalized spacial score (nSPS) is 11.5. The zero-order chi connectivity index (χ0) is 14.9. The number of hydrogen-bond donors (Lipinski definition) is 0. The fourth-order valence-corrected chi connectivity index (χ4v) is 4.81. The van der Waals surface area contributed by atoms with Gasteiger partial charge >= 0.3 is 0 Å². The van der Waals surface area contributed by atoms with Gasteiger partial charge in [0.1, 0.15) is 4.21 Å². The third-order valence-electron chi connectivity index (χ3n) is 3.03. The zero-order valence-corrected chi connectivity index (χ0v) is 13.3. The third-order valence-corrected chi connectivity index (χ3v) is 6.68. The highest BCUT2D eigenvalue weighted by Crippen LogP contribution is 2.34. The summed E-state index contributed by atoms with van der Waals surface area (Å²) in [5.41, 5.74) is 0.957. The summed E-state index contributed by atoms with van der Waals surface area (Å²) in [5.74, 6) is 0. The predicted molar refractivity (Wildman–Crippen MR) is 86.7 cm³/mol. The molecule has 0 atom stereocenters. The van der Waals surface area contributed by atoms with Gasteiger partial charge in [-0.1, -0.05) is 41.9 Å². The monoisotopic (exact) mass is 334 g/mol. The van der Waals surface area contributed by atoms with Crippen molar-refractivity contribution in [1.82, 2.24) is 0 Å². The van der Waals surface area contributed by atoms with Gasteiger partial charge in [-0.15, -0.1) is 11.3 Å². The average molecular weight is 335 g/mol. The quantitative estimate of drug-likeness (QED) is 0.682. The Morgan fingerprint density at radius 1 is 0.810 bits per heavy atom. The Balaban J connectivity index is 2.01. The van der Waals surface area contributed by atoms with Crippen molar-refractivity contribution in [2.45, 2.75) is 9.10 Å². The summed E-state index contributed by atoms with van der Waals surface area (Å²) in [6, 6.07) is 19.3. The zero-order valence-electron chi connectivity index (χ0n) is 10.9. The van der Waals surface area contributed by atoms with E-state index in [4.69, 9.17) is 11.6 Å². The van der Waals surface area contributed by atoms with Crippen molar-refractivity contribution < 1.29 is 8.42 Å². The van der Waals surface area contributed by atoms with Crippen molar-refractivity contribution in [1.29, 1.82) is 0 Å². The molecule has 0 N–H and O–H groups in total. The molecule has 0 amide bonds. The first-order chi connectivity index (χ1) is 10.1. The Hall–Kier alpha value is -1.62. The molecule has 0 bridgehead atoms. The molecule has 3 aromatic rings. The fraction of sp³-hybridized carbons (Fsp3) is 0. The first kappa shape index (κ1) is 14.3.